The third-order valence-corrected chi connectivity index (χ3v) is 4.27. The predicted octanol–water partition coefficient (Wildman–Crippen LogP) is 2.66. The number of nitrogens with one attached hydrogen (secondary N) is 1. The largest absolute Gasteiger partial charge is 0.450 e. The van der Waals surface area contributed by atoms with Crippen molar-refractivity contribution in [3.8, 4) is 0 Å². The number of urea groups is 1. The van der Waals surface area contributed by atoms with Crippen LogP contribution in [-0.2, 0) is 10.3 Å². The van der Waals surface area contributed by atoms with E-state index in [4.69, 9.17) is 4.74 Å². The smallest absolute Gasteiger partial charge is 0.339 e. The van der Waals surface area contributed by atoms with Crippen LogP contribution in [0.5, 0.6) is 0 Å². The highest BCUT2D eigenvalue weighted by molar-refractivity contribution is 5.94. The average molecular weight is 302 g/mol. The van der Waals surface area contributed by atoms with Crippen LogP contribution < -0.4 is 5.32 Å². The second-order valence-corrected chi connectivity index (χ2v) is 7.10. The molecule has 5 nitrogen and oxygen atoms in total. The molecule has 0 aliphatic carbocycles. The van der Waals surface area contributed by atoms with Crippen LogP contribution in [0.4, 0.5) is 4.79 Å². The van der Waals surface area contributed by atoms with Gasteiger partial charge in [0, 0.05) is 37.0 Å². The van der Waals surface area contributed by atoms with Gasteiger partial charge in [0.15, 0.2) is 0 Å². The van der Waals surface area contributed by atoms with Crippen molar-refractivity contribution in [3.05, 3.63) is 35.4 Å². The summed E-state index contributed by atoms with van der Waals surface area (Å²) in [6.45, 7) is 7.06. The first kappa shape index (κ1) is 14.9. The lowest BCUT2D eigenvalue weighted by molar-refractivity contribution is -0.0371. The monoisotopic (exact) mass is 302 g/mol. The van der Waals surface area contributed by atoms with E-state index in [-0.39, 0.29) is 17.5 Å². The van der Waals surface area contributed by atoms with E-state index in [0.29, 0.717) is 31.5 Å². The van der Waals surface area contributed by atoms with Crippen LogP contribution in [0, 0.1) is 0 Å². The summed E-state index contributed by atoms with van der Waals surface area (Å²) < 4.78 is 5.69. The van der Waals surface area contributed by atoms with Crippen LogP contribution >= 0.6 is 0 Å². The molecule has 0 bridgehead atoms. The first-order valence-electron chi connectivity index (χ1n) is 7.71. The summed E-state index contributed by atoms with van der Waals surface area (Å²) in [5, 5.41) is 2.98. The third kappa shape index (κ3) is 2.56. The molecule has 118 valence electrons. The molecule has 0 atom stereocenters. The van der Waals surface area contributed by atoms with Gasteiger partial charge in [-0.1, -0.05) is 18.2 Å². The molecule has 1 N–H and O–H groups in total. The highest BCUT2D eigenvalue weighted by Gasteiger charge is 2.47. The van der Waals surface area contributed by atoms with Crippen LogP contribution in [0.15, 0.2) is 24.3 Å². The van der Waals surface area contributed by atoms with Crippen molar-refractivity contribution in [2.75, 3.05) is 13.1 Å². The molecule has 2 aliphatic rings. The Labute approximate surface area is 130 Å². The molecular weight excluding hydrogens is 280 g/mol. The van der Waals surface area contributed by atoms with Crippen molar-refractivity contribution >= 4 is 12.0 Å². The normalized spacial score (nSPS) is 19.8. The third-order valence-electron chi connectivity index (χ3n) is 4.27. The molecule has 1 fully saturated rings. The minimum atomic E-state index is -0.549. The second kappa shape index (κ2) is 5.00. The number of carbonyl (C=O) groups excluding carboxylic acids is 2. The maximum Gasteiger partial charge on any atom is 0.339 e. The van der Waals surface area contributed by atoms with Gasteiger partial charge in [0.25, 0.3) is 0 Å². The number of hydrogen-bond donors (Lipinski definition) is 1. The molecule has 1 spiro atoms. The number of rotatable bonds is 0. The number of likely N-dealkylation sites (tertiary alicyclic amines) is 1. The van der Waals surface area contributed by atoms with Crippen molar-refractivity contribution in [1.82, 2.24) is 10.2 Å². The van der Waals surface area contributed by atoms with E-state index in [1.54, 1.807) is 4.90 Å². The van der Waals surface area contributed by atoms with Gasteiger partial charge >= 0.3 is 12.0 Å². The number of hydrogen-bond acceptors (Lipinski definition) is 3. The molecule has 2 heterocycles. The van der Waals surface area contributed by atoms with Crippen molar-refractivity contribution in [3.63, 3.8) is 0 Å². The maximum atomic E-state index is 12.2. The van der Waals surface area contributed by atoms with E-state index in [2.05, 4.69) is 5.32 Å². The molecule has 0 saturated carbocycles. The molecule has 0 radical (unpaired) electrons. The van der Waals surface area contributed by atoms with E-state index in [0.717, 1.165) is 5.56 Å². The first-order chi connectivity index (χ1) is 10.3. The number of ether oxygens (including phenoxy) is 1. The van der Waals surface area contributed by atoms with Gasteiger partial charge in [0.05, 0.1) is 5.56 Å². The SMILES string of the molecule is CC(C)(C)NC(=O)N1CCC2(CC1)OC(=O)c1ccccc12. The Hall–Kier alpha value is -2.04. The Morgan fingerprint density at radius 1 is 1.23 bits per heavy atom. The van der Waals surface area contributed by atoms with Gasteiger partial charge in [-0.25, -0.2) is 9.59 Å². The molecule has 22 heavy (non-hydrogen) atoms. The van der Waals surface area contributed by atoms with Gasteiger partial charge in [-0.05, 0) is 26.8 Å². The summed E-state index contributed by atoms with van der Waals surface area (Å²) >= 11 is 0. The number of piperidine rings is 1. The molecule has 3 rings (SSSR count). The number of fused-ring (bicyclic) bond motifs is 2. The minimum absolute atomic E-state index is 0.0556. The van der Waals surface area contributed by atoms with E-state index in [1.165, 1.54) is 0 Å². The minimum Gasteiger partial charge on any atom is -0.450 e. The number of amides is 2. The van der Waals surface area contributed by atoms with Crippen molar-refractivity contribution in [1.29, 1.82) is 0 Å². The molecular formula is C17H22N2O3. The lowest BCUT2D eigenvalue weighted by atomic mass is 9.84. The van der Waals surface area contributed by atoms with Crippen LogP contribution in [0.25, 0.3) is 0 Å². The molecule has 1 aromatic carbocycles. The lowest BCUT2D eigenvalue weighted by Crippen LogP contribution is -2.53. The zero-order valence-electron chi connectivity index (χ0n) is 13.3. The molecule has 0 unspecified atom stereocenters. The van der Waals surface area contributed by atoms with Crippen molar-refractivity contribution in [2.24, 2.45) is 0 Å². The average Bonchev–Trinajstić information content (AvgIpc) is 2.71. The summed E-state index contributed by atoms with van der Waals surface area (Å²) in [6.07, 6.45) is 1.29. The topological polar surface area (TPSA) is 58.6 Å². The fraction of sp³-hybridized carbons (Fsp3) is 0.529. The van der Waals surface area contributed by atoms with E-state index >= 15 is 0 Å². The quantitative estimate of drug-likeness (QED) is 0.750. The first-order valence-corrected chi connectivity index (χ1v) is 7.71. The lowest BCUT2D eigenvalue weighted by Gasteiger charge is -2.39. The zero-order valence-corrected chi connectivity index (χ0v) is 13.3. The fourth-order valence-electron chi connectivity index (χ4n) is 3.19. The van der Waals surface area contributed by atoms with Gasteiger partial charge in [0.1, 0.15) is 5.60 Å². The summed E-state index contributed by atoms with van der Waals surface area (Å²) in [7, 11) is 0. The van der Waals surface area contributed by atoms with Gasteiger partial charge in [-0.15, -0.1) is 0 Å². The summed E-state index contributed by atoms with van der Waals surface area (Å²) in [5.41, 5.74) is 0.830. The van der Waals surface area contributed by atoms with Crippen LogP contribution in [0.2, 0.25) is 0 Å². The second-order valence-electron chi connectivity index (χ2n) is 7.10. The van der Waals surface area contributed by atoms with E-state index in [9.17, 15) is 9.59 Å². The van der Waals surface area contributed by atoms with Gasteiger partial charge in [-0.3, -0.25) is 0 Å². The maximum absolute atomic E-state index is 12.2. The Balaban J connectivity index is 1.73. The fourth-order valence-corrected chi connectivity index (χ4v) is 3.19. The summed E-state index contributed by atoms with van der Waals surface area (Å²) in [5.74, 6) is -0.247. The molecule has 5 heteroatoms. The van der Waals surface area contributed by atoms with E-state index in [1.807, 2.05) is 45.0 Å². The summed E-state index contributed by atoms with van der Waals surface area (Å²) in [6, 6.07) is 7.50. The molecule has 1 saturated heterocycles. The Kier molecular flexibility index (Phi) is 3.38. The zero-order chi connectivity index (χ0) is 16.0. The number of esters is 1. The van der Waals surface area contributed by atoms with Crippen LogP contribution in [-0.4, -0.2) is 35.5 Å². The number of benzene rings is 1. The molecule has 2 aliphatic heterocycles. The van der Waals surface area contributed by atoms with Crippen molar-refractivity contribution < 1.29 is 14.3 Å². The van der Waals surface area contributed by atoms with Crippen LogP contribution in [0.3, 0.4) is 0 Å². The Bertz CT molecular complexity index is 611. The van der Waals surface area contributed by atoms with Gasteiger partial charge in [0.2, 0.25) is 0 Å². The van der Waals surface area contributed by atoms with Crippen LogP contribution in [0.1, 0.15) is 49.5 Å². The predicted molar refractivity (Wildman–Crippen MR) is 82.6 cm³/mol. The highest BCUT2D eigenvalue weighted by Crippen LogP contribution is 2.43. The Morgan fingerprint density at radius 2 is 1.86 bits per heavy atom. The van der Waals surface area contributed by atoms with Gasteiger partial charge < -0.3 is 15.0 Å². The Morgan fingerprint density at radius 3 is 2.50 bits per heavy atom. The molecule has 2 amide bonds. The van der Waals surface area contributed by atoms with E-state index < -0.39 is 5.60 Å². The molecule has 0 aromatic heterocycles. The summed E-state index contributed by atoms with van der Waals surface area (Å²) in [4.78, 5) is 26.1. The molecule has 1 aromatic rings. The number of nitrogens with zero attached hydrogens (tertiary/aromatic N) is 1. The standard InChI is InChI=1S/C17H22N2O3/c1-16(2,3)18-15(21)19-10-8-17(9-11-19)13-7-5-4-6-12(13)14(20)22-17/h4-7H,8-11H2,1-3H3,(H,18,21). The van der Waals surface area contributed by atoms with Gasteiger partial charge in [-0.2, -0.15) is 0 Å². The van der Waals surface area contributed by atoms with Crippen molar-refractivity contribution in [2.45, 2.75) is 44.8 Å². The number of carbonyl (C=O) groups is 2. The highest BCUT2D eigenvalue weighted by atomic mass is 16.6.